The third-order valence-electron chi connectivity index (χ3n) is 3.27. The first-order valence-electron chi connectivity index (χ1n) is 6.38. The SMILES string of the molecule is Oc1cc(-c2ccc(-c3ccccc3)cc2)ccc1Cl. The van der Waals surface area contributed by atoms with Gasteiger partial charge in [0.15, 0.2) is 0 Å². The molecule has 3 aromatic carbocycles. The fraction of sp³-hybridized carbons (Fsp3) is 0. The van der Waals surface area contributed by atoms with E-state index in [0.717, 1.165) is 11.1 Å². The van der Waals surface area contributed by atoms with Gasteiger partial charge in [-0.05, 0) is 34.4 Å². The molecular weight excluding hydrogens is 268 g/mol. The summed E-state index contributed by atoms with van der Waals surface area (Å²) in [5, 5.41) is 10.0. The quantitative estimate of drug-likeness (QED) is 0.668. The topological polar surface area (TPSA) is 20.2 Å². The molecule has 0 aromatic heterocycles. The molecule has 0 bridgehead atoms. The second kappa shape index (κ2) is 5.40. The van der Waals surface area contributed by atoms with Crippen molar-refractivity contribution in [1.82, 2.24) is 0 Å². The van der Waals surface area contributed by atoms with Crippen LogP contribution < -0.4 is 0 Å². The fourth-order valence-corrected chi connectivity index (χ4v) is 2.30. The van der Waals surface area contributed by atoms with Gasteiger partial charge in [-0.2, -0.15) is 0 Å². The molecule has 0 saturated heterocycles. The smallest absolute Gasteiger partial charge is 0.134 e. The van der Waals surface area contributed by atoms with Crippen LogP contribution in [0.25, 0.3) is 22.3 Å². The second-order valence-electron chi connectivity index (χ2n) is 4.61. The molecule has 1 N–H and O–H groups in total. The Morgan fingerprint density at radius 3 is 1.70 bits per heavy atom. The Hall–Kier alpha value is -2.25. The number of hydrogen-bond donors (Lipinski definition) is 1. The molecule has 3 rings (SSSR count). The summed E-state index contributed by atoms with van der Waals surface area (Å²) < 4.78 is 0. The highest BCUT2D eigenvalue weighted by molar-refractivity contribution is 6.32. The lowest BCUT2D eigenvalue weighted by Gasteiger charge is -2.06. The van der Waals surface area contributed by atoms with Gasteiger partial charge in [0, 0.05) is 0 Å². The number of phenolic OH excluding ortho intramolecular Hbond substituents is 1. The minimum Gasteiger partial charge on any atom is -0.506 e. The van der Waals surface area contributed by atoms with E-state index in [0.29, 0.717) is 5.02 Å². The van der Waals surface area contributed by atoms with Crippen LogP contribution in [0.3, 0.4) is 0 Å². The predicted octanol–water partition coefficient (Wildman–Crippen LogP) is 5.38. The Bertz CT molecular complexity index is 718. The highest BCUT2D eigenvalue weighted by Crippen LogP contribution is 2.30. The van der Waals surface area contributed by atoms with Crippen LogP contribution in [0.5, 0.6) is 5.75 Å². The summed E-state index contributed by atoms with van der Waals surface area (Å²) in [7, 11) is 0. The Morgan fingerprint density at radius 1 is 0.600 bits per heavy atom. The van der Waals surface area contributed by atoms with Crippen molar-refractivity contribution in [2.24, 2.45) is 0 Å². The van der Waals surface area contributed by atoms with Crippen LogP contribution in [0.1, 0.15) is 0 Å². The van der Waals surface area contributed by atoms with Gasteiger partial charge in [-0.15, -0.1) is 0 Å². The van der Waals surface area contributed by atoms with Crippen LogP contribution in [0.4, 0.5) is 0 Å². The monoisotopic (exact) mass is 280 g/mol. The van der Waals surface area contributed by atoms with Gasteiger partial charge in [-0.3, -0.25) is 0 Å². The largest absolute Gasteiger partial charge is 0.506 e. The van der Waals surface area contributed by atoms with E-state index in [4.69, 9.17) is 11.6 Å². The van der Waals surface area contributed by atoms with E-state index in [1.807, 2.05) is 36.4 Å². The van der Waals surface area contributed by atoms with Crippen molar-refractivity contribution >= 4 is 11.6 Å². The van der Waals surface area contributed by atoms with Crippen molar-refractivity contribution in [3.63, 3.8) is 0 Å². The van der Waals surface area contributed by atoms with Crippen LogP contribution in [0.2, 0.25) is 5.02 Å². The van der Waals surface area contributed by atoms with Gasteiger partial charge in [-0.25, -0.2) is 0 Å². The molecule has 0 unspecified atom stereocenters. The molecule has 1 nitrogen and oxygen atoms in total. The minimum absolute atomic E-state index is 0.108. The summed E-state index contributed by atoms with van der Waals surface area (Å²) in [5.41, 5.74) is 4.37. The molecule has 0 aliphatic carbocycles. The molecule has 3 aromatic rings. The summed E-state index contributed by atoms with van der Waals surface area (Å²) in [4.78, 5) is 0. The first kappa shape index (κ1) is 12.8. The zero-order valence-electron chi connectivity index (χ0n) is 10.8. The lowest BCUT2D eigenvalue weighted by atomic mass is 10.0. The summed E-state index contributed by atoms with van der Waals surface area (Å²) in [5.74, 6) is 0.108. The number of benzene rings is 3. The molecule has 0 aliphatic rings. The van der Waals surface area contributed by atoms with E-state index in [-0.39, 0.29) is 5.75 Å². The van der Waals surface area contributed by atoms with Gasteiger partial charge in [-0.1, -0.05) is 72.3 Å². The van der Waals surface area contributed by atoms with Gasteiger partial charge in [0.05, 0.1) is 5.02 Å². The molecule has 0 spiro atoms. The van der Waals surface area contributed by atoms with Gasteiger partial charge in [0.1, 0.15) is 5.75 Å². The van der Waals surface area contributed by atoms with E-state index in [1.54, 1.807) is 12.1 Å². The summed E-state index contributed by atoms with van der Waals surface area (Å²) in [6.45, 7) is 0. The summed E-state index contributed by atoms with van der Waals surface area (Å²) >= 11 is 5.82. The maximum absolute atomic E-state index is 9.66. The van der Waals surface area contributed by atoms with Crippen molar-refractivity contribution in [3.05, 3.63) is 77.8 Å². The predicted molar refractivity (Wildman–Crippen MR) is 84.0 cm³/mol. The van der Waals surface area contributed by atoms with E-state index in [1.165, 1.54) is 11.1 Å². The summed E-state index contributed by atoms with van der Waals surface area (Å²) in [6.07, 6.45) is 0. The molecular formula is C18H13ClO. The Labute approximate surface area is 123 Å². The minimum atomic E-state index is 0.108. The average molecular weight is 281 g/mol. The Balaban J connectivity index is 1.95. The van der Waals surface area contributed by atoms with Gasteiger partial charge in [0.25, 0.3) is 0 Å². The molecule has 98 valence electrons. The number of hydrogen-bond acceptors (Lipinski definition) is 1. The molecule has 0 atom stereocenters. The van der Waals surface area contributed by atoms with Crippen LogP contribution in [-0.2, 0) is 0 Å². The zero-order chi connectivity index (χ0) is 13.9. The van der Waals surface area contributed by atoms with Crippen molar-refractivity contribution in [1.29, 1.82) is 0 Å². The first-order valence-corrected chi connectivity index (χ1v) is 6.76. The average Bonchev–Trinajstić information content (AvgIpc) is 2.51. The number of halogens is 1. The molecule has 0 aliphatic heterocycles. The zero-order valence-corrected chi connectivity index (χ0v) is 11.5. The molecule has 0 heterocycles. The molecule has 2 heteroatoms. The number of aromatic hydroxyl groups is 1. The first-order chi connectivity index (χ1) is 9.74. The normalized spacial score (nSPS) is 10.4. The molecule has 0 fully saturated rings. The molecule has 0 amide bonds. The van der Waals surface area contributed by atoms with Crippen LogP contribution in [-0.4, -0.2) is 5.11 Å². The number of rotatable bonds is 2. The molecule has 0 saturated carbocycles. The van der Waals surface area contributed by atoms with Crippen LogP contribution in [0, 0.1) is 0 Å². The van der Waals surface area contributed by atoms with Crippen molar-refractivity contribution in [2.45, 2.75) is 0 Å². The standard InChI is InChI=1S/C18H13ClO/c19-17-11-10-16(12-18(17)20)15-8-6-14(7-9-15)13-4-2-1-3-5-13/h1-12,20H. The van der Waals surface area contributed by atoms with E-state index in [9.17, 15) is 5.11 Å². The van der Waals surface area contributed by atoms with Crippen LogP contribution in [0.15, 0.2) is 72.8 Å². The van der Waals surface area contributed by atoms with E-state index < -0.39 is 0 Å². The highest BCUT2D eigenvalue weighted by atomic mass is 35.5. The Morgan fingerprint density at radius 2 is 1.10 bits per heavy atom. The Kier molecular flexibility index (Phi) is 3.44. The van der Waals surface area contributed by atoms with Crippen molar-refractivity contribution < 1.29 is 5.11 Å². The number of phenols is 1. The maximum atomic E-state index is 9.66. The van der Waals surface area contributed by atoms with Gasteiger partial charge >= 0.3 is 0 Å². The van der Waals surface area contributed by atoms with Gasteiger partial charge in [0.2, 0.25) is 0 Å². The lowest BCUT2D eigenvalue weighted by molar-refractivity contribution is 0.476. The van der Waals surface area contributed by atoms with E-state index >= 15 is 0 Å². The third kappa shape index (κ3) is 2.54. The lowest BCUT2D eigenvalue weighted by Crippen LogP contribution is -1.80. The molecule has 20 heavy (non-hydrogen) atoms. The highest BCUT2D eigenvalue weighted by Gasteiger charge is 2.03. The van der Waals surface area contributed by atoms with Crippen molar-refractivity contribution in [2.75, 3.05) is 0 Å². The summed E-state index contributed by atoms with van der Waals surface area (Å²) in [6, 6.07) is 23.8. The van der Waals surface area contributed by atoms with Gasteiger partial charge < -0.3 is 5.11 Å². The maximum Gasteiger partial charge on any atom is 0.134 e. The second-order valence-corrected chi connectivity index (χ2v) is 5.02. The molecule has 0 radical (unpaired) electrons. The third-order valence-corrected chi connectivity index (χ3v) is 3.59. The van der Waals surface area contributed by atoms with Crippen molar-refractivity contribution in [3.8, 4) is 28.0 Å². The van der Waals surface area contributed by atoms with Crippen LogP contribution >= 0.6 is 11.6 Å². The fourth-order valence-electron chi connectivity index (χ4n) is 2.18. The van der Waals surface area contributed by atoms with E-state index in [2.05, 4.69) is 24.3 Å².